The quantitative estimate of drug-likeness (QED) is 0.498. The summed E-state index contributed by atoms with van der Waals surface area (Å²) < 4.78 is 45.7. The van der Waals surface area contributed by atoms with Crippen molar-refractivity contribution in [2.24, 2.45) is 5.73 Å². The van der Waals surface area contributed by atoms with Gasteiger partial charge in [-0.15, -0.1) is 0 Å². The number of ether oxygens (including phenoxy) is 1. The molecule has 0 aliphatic carbocycles. The van der Waals surface area contributed by atoms with Gasteiger partial charge in [0.1, 0.15) is 17.2 Å². The highest BCUT2D eigenvalue weighted by Crippen LogP contribution is 2.34. The van der Waals surface area contributed by atoms with E-state index >= 15 is 0 Å². The van der Waals surface area contributed by atoms with Crippen LogP contribution in [-0.4, -0.2) is 30.0 Å². The molecule has 1 fully saturated rings. The van der Waals surface area contributed by atoms with E-state index in [-0.39, 0.29) is 18.3 Å². The van der Waals surface area contributed by atoms with E-state index in [9.17, 15) is 18.0 Å². The second-order valence-corrected chi connectivity index (χ2v) is 7.79. The van der Waals surface area contributed by atoms with E-state index < -0.39 is 17.6 Å². The van der Waals surface area contributed by atoms with Crippen LogP contribution in [0.15, 0.2) is 60.7 Å². The molecule has 4 rings (SSSR count). The summed E-state index contributed by atoms with van der Waals surface area (Å²) in [6.45, 7) is 1.92. The lowest BCUT2D eigenvalue weighted by Gasteiger charge is -2.17. The molecule has 1 amide bonds. The van der Waals surface area contributed by atoms with Gasteiger partial charge in [0.25, 0.3) is 5.91 Å². The van der Waals surface area contributed by atoms with E-state index in [0.717, 1.165) is 37.2 Å². The molecule has 3 aromatic rings. The summed E-state index contributed by atoms with van der Waals surface area (Å²) in [5, 5.41) is 6.51. The number of nitrogens with two attached hydrogens (primary N) is 1. The fourth-order valence-electron chi connectivity index (χ4n) is 3.63. The summed E-state index contributed by atoms with van der Waals surface area (Å²) in [5.41, 5.74) is 6.47. The van der Waals surface area contributed by atoms with Gasteiger partial charge >= 0.3 is 6.18 Å². The highest BCUT2D eigenvalue weighted by molar-refractivity contribution is 5.91. The number of hydrogen-bond acceptors (Lipinski definition) is 5. The first-order valence-corrected chi connectivity index (χ1v) is 10.5. The zero-order valence-corrected chi connectivity index (χ0v) is 17.7. The number of nitrogens with one attached hydrogen (secondary N) is 2. The maximum atomic E-state index is 13.2. The number of hydrogen-bond donors (Lipinski definition) is 3. The van der Waals surface area contributed by atoms with Crippen LogP contribution in [0.5, 0.6) is 11.5 Å². The SMILES string of the molecule is NC(=O)c1cccc(-c2ccc(Oc3ccc(C(F)(F)F)cc3CNC3CCNC3)cc2)n1. The Morgan fingerprint density at radius 2 is 1.94 bits per heavy atom. The van der Waals surface area contributed by atoms with Crippen molar-refractivity contribution in [3.8, 4) is 22.8 Å². The fourth-order valence-corrected chi connectivity index (χ4v) is 3.63. The smallest absolute Gasteiger partial charge is 0.416 e. The number of alkyl halides is 3. The largest absolute Gasteiger partial charge is 0.457 e. The fraction of sp³-hybridized carbons (Fsp3) is 0.250. The van der Waals surface area contributed by atoms with Crippen LogP contribution < -0.4 is 21.1 Å². The molecule has 0 radical (unpaired) electrons. The van der Waals surface area contributed by atoms with Gasteiger partial charge < -0.3 is 21.1 Å². The second-order valence-electron chi connectivity index (χ2n) is 7.79. The molecule has 33 heavy (non-hydrogen) atoms. The Morgan fingerprint density at radius 3 is 2.61 bits per heavy atom. The van der Waals surface area contributed by atoms with Crippen molar-refractivity contribution in [1.29, 1.82) is 0 Å². The van der Waals surface area contributed by atoms with Gasteiger partial charge in [-0.1, -0.05) is 6.07 Å². The van der Waals surface area contributed by atoms with Gasteiger partial charge in [-0.05, 0) is 67.6 Å². The van der Waals surface area contributed by atoms with E-state index in [2.05, 4.69) is 15.6 Å². The van der Waals surface area contributed by atoms with Crippen molar-refractivity contribution < 1.29 is 22.7 Å². The molecule has 0 saturated carbocycles. The van der Waals surface area contributed by atoms with Crippen molar-refractivity contribution in [2.45, 2.75) is 25.2 Å². The highest BCUT2D eigenvalue weighted by atomic mass is 19.4. The minimum absolute atomic E-state index is 0.159. The third-order valence-corrected chi connectivity index (χ3v) is 5.41. The number of pyridine rings is 1. The number of halogens is 3. The van der Waals surface area contributed by atoms with Gasteiger partial charge in [0, 0.05) is 30.3 Å². The number of amides is 1. The van der Waals surface area contributed by atoms with E-state index in [1.165, 1.54) is 12.1 Å². The van der Waals surface area contributed by atoms with Crippen LogP contribution in [-0.2, 0) is 12.7 Å². The molecule has 1 aromatic heterocycles. The molecule has 1 aliphatic heterocycles. The van der Waals surface area contributed by atoms with Crippen LogP contribution in [0.1, 0.15) is 28.0 Å². The maximum absolute atomic E-state index is 13.2. The zero-order chi connectivity index (χ0) is 23.4. The summed E-state index contributed by atoms with van der Waals surface area (Å²) in [4.78, 5) is 15.6. The van der Waals surface area contributed by atoms with Gasteiger partial charge in [-0.2, -0.15) is 13.2 Å². The molecule has 0 spiro atoms. The van der Waals surface area contributed by atoms with Crippen LogP contribution in [0.3, 0.4) is 0 Å². The predicted molar refractivity (Wildman–Crippen MR) is 118 cm³/mol. The second kappa shape index (κ2) is 9.60. The van der Waals surface area contributed by atoms with Crippen molar-refractivity contribution in [3.63, 3.8) is 0 Å². The highest BCUT2D eigenvalue weighted by Gasteiger charge is 2.31. The third-order valence-electron chi connectivity index (χ3n) is 5.41. The molecule has 2 heterocycles. The molecule has 6 nitrogen and oxygen atoms in total. The third kappa shape index (κ3) is 5.68. The van der Waals surface area contributed by atoms with Crippen molar-refractivity contribution in [1.82, 2.24) is 15.6 Å². The summed E-state index contributed by atoms with van der Waals surface area (Å²) in [7, 11) is 0. The van der Waals surface area contributed by atoms with Gasteiger partial charge in [-0.25, -0.2) is 4.98 Å². The first kappa shape index (κ1) is 22.8. The van der Waals surface area contributed by atoms with Crippen LogP contribution in [0, 0.1) is 0 Å². The number of nitrogens with zero attached hydrogens (tertiary/aromatic N) is 1. The number of primary amides is 1. The summed E-state index contributed by atoms with van der Waals surface area (Å²) in [5.74, 6) is 0.199. The number of aromatic nitrogens is 1. The molecule has 1 atom stereocenters. The normalized spacial score (nSPS) is 16.0. The van der Waals surface area contributed by atoms with E-state index in [0.29, 0.717) is 22.8 Å². The van der Waals surface area contributed by atoms with Crippen molar-refractivity contribution in [3.05, 3.63) is 77.5 Å². The topological polar surface area (TPSA) is 89.3 Å². The van der Waals surface area contributed by atoms with Crippen LogP contribution >= 0.6 is 0 Å². The maximum Gasteiger partial charge on any atom is 0.416 e. The van der Waals surface area contributed by atoms with Gasteiger partial charge in [-0.3, -0.25) is 4.79 Å². The standard InChI is InChI=1S/C24H23F3N4O2/c25-24(26,27)17-6-9-22(16(12-17)13-30-18-10-11-29-14-18)33-19-7-4-15(5-8-19)20-2-1-3-21(31-20)23(28)32/h1-9,12,18,29-30H,10-11,13-14H2,(H2,28,32). The molecule has 2 aromatic carbocycles. The molecule has 9 heteroatoms. The Kier molecular flexibility index (Phi) is 6.62. The predicted octanol–water partition coefficient (Wildman–Crippen LogP) is 4.11. The first-order chi connectivity index (χ1) is 15.8. The Labute approximate surface area is 189 Å². The van der Waals surface area contributed by atoms with Crippen molar-refractivity contribution in [2.75, 3.05) is 13.1 Å². The van der Waals surface area contributed by atoms with Crippen LogP contribution in [0.25, 0.3) is 11.3 Å². The summed E-state index contributed by atoms with van der Waals surface area (Å²) in [6.07, 6.45) is -3.52. The molecule has 1 aliphatic rings. The van der Waals surface area contributed by atoms with E-state index in [1.54, 1.807) is 36.4 Å². The van der Waals surface area contributed by atoms with Crippen molar-refractivity contribution >= 4 is 5.91 Å². The number of carbonyl (C=O) groups excluding carboxylic acids is 1. The first-order valence-electron chi connectivity index (χ1n) is 10.5. The Bertz CT molecular complexity index is 1130. The summed E-state index contributed by atoms with van der Waals surface area (Å²) >= 11 is 0. The molecule has 1 unspecified atom stereocenters. The van der Waals surface area contributed by atoms with E-state index in [4.69, 9.17) is 10.5 Å². The molecular formula is C24H23F3N4O2. The average molecular weight is 456 g/mol. The van der Waals surface area contributed by atoms with Crippen LogP contribution in [0.2, 0.25) is 0 Å². The lowest BCUT2D eigenvalue weighted by molar-refractivity contribution is -0.137. The summed E-state index contributed by atoms with van der Waals surface area (Å²) in [6, 6.07) is 15.6. The monoisotopic (exact) mass is 456 g/mol. The minimum atomic E-state index is -4.43. The number of carbonyl (C=O) groups is 1. The van der Waals surface area contributed by atoms with E-state index in [1.807, 2.05) is 0 Å². The Hall–Kier alpha value is -3.43. The zero-order valence-electron chi connectivity index (χ0n) is 17.7. The Balaban J connectivity index is 1.54. The lowest BCUT2D eigenvalue weighted by Crippen LogP contribution is -2.30. The molecular weight excluding hydrogens is 433 g/mol. The molecule has 172 valence electrons. The molecule has 1 saturated heterocycles. The molecule has 0 bridgehead atoms. The Morgan fingerprint density at radius 1 is 1.15 bits per heavy atom. The van der Waals surface area contributed by atoms with Gasteiger partial charge in [0.05, 0.1) is 11.3 Å². The average Bonchev–Trinajstić information content (AvgIpc) is 3.32. The minimum Gasteiger partial charge on any atom is -0.457 e. The number of rotatable bonds is 7. The lowest BCUT2D eigenvalue weighted by atomic mass is 10.1. The number of benzene rings is 2. The van der Waals surface area contributed by atoms with Gasteiger partial charge in [0.15, 0.2) is 0 Å². The van der Waals surface area contributed by atoms with Gasteiger partial charge in [0.2, 0.25) is 0 Å². The molecule has 4 N–H and O–H groups in total. The van der Waals surface area contributed by atoms with Crippen LogP contribution in [0.4, 0.5) is 13.2 Å².